The third-order valence-corrected chi connectivity index (χ3v) is 3.76. The molecule has 2 rings (SSSR count). The van der Waals surface area contributed by atoms with Crippen molar-refractivity contribution in [1.82, 2.24) is 0 Å². The second kappa shape index (κ2) is 10.8. The third-order valence-electron chi connectivity index (χ3n) is 3.76. The van der Waals surface area contributed by atoms with E-state index in [0.717, 1.165) is 19.3 Å². The van der Waals surface area contributed by atoms with Crippen molar-refractivity contribution in [2.75, 3.05) is 6.61 Å². The summed E-state index contributed by atoms with van der Waals surface area (Å²) in [6.45, 7) is 4.59. The van der Waals surface area contributed by atoms with E-state index < -0.39 is 11.7 Å². The van der Waals surface area contributed by atoms with Crippen LogP contribution in [0.3, 0.4) is 0 Å². The Morgan fingerprint density at radius 2 is 1.33 bits per heavy atom. The van der Waals surface area contributed by atoms with Gasteiger partial charge in [0.05, 0.1) is 6.61 Å². The first-order valence-corrected chi connectivity index (χ1v) is 9.03. The minimum Gasteiger partial charge on any atom is -0.494 e. The molecule has 2 aromatic carbocycles. The van der Waals surface area contributed by atoms with Crippen LogP contribution in [-0.4, -0.2) is 6.61 Å². The van der Waals surface area contributed by atoms with Crippen LogP contribution in [0, 0.1) is 23.7 Å². The summed E-state index contributed by atoms with van der Waals surface area (Å²) in [4.78, 5) is 0. The van der Waals surface area contributed by atoms with Gasteiger partial charge >= 0.3 is 0 Å². The van der Waals surface area contributed by atoms with Crippen molar-refractivity contribution in [3.8, 4) is 29.4 Å². The van der Waals surface area contributed by atoms with Crippen LogP contribution in [0.25, 0.3) is 0 Å². The van der Waals surface area contributed by atoms with Gasteiger partial charge in [-0.15, -0.1) is 0 Å². The zero-order chi connectivity index (χ0) is 19.5. The van der Waals surface area contributed by atoms with E-state index in [1.807, 2.05) is 31.2 Å². The van der Waals surface area contributed by atoms with Gasteiger partial charge in [-0.05, 0) is 73.6 Å². The highest BCUT2D eigenvalue weighted by Gasteiger charge is 2.00. The number of benzene rings is 2. The Kier molecular flexibility index (Phi) is 8.14. The molecule has 138 valence electrons. The first-order chi connectivity index (χ1) is 13.1. The van der Waals surface area contributed by atoms with E-state index in [4.69, 9.17) is 4.74 Å². The lowest BCUT2D eigenvalue weighted by molar-refractivity contribution is 0.340. The number of hydrogen-bond donors (Lipinski definition) is 0. The number of aryl methyl sites for hydroxylation is 1. The second-order valence-electron chi connectivity index (χ2n) is 5.89. The lowest BCUT2D eigenvalue weighted by atomic mass is 10.1. The van der Waals surface area contributed by atoms with Crippen LogP contribution in [0.1, 0.15) is 43.4 Å². The highest BCUT2D eigenvalue weighted by atomic mass is 19.2. The number of rotatable bonds is 5. The Bertz CT molecular complexity index is 886. The van der Waals surface area contributed by atoms with Crippen LogP contribution in [0.4, 0.5) is 8.78 Å². The van der Waals surface area contributed by atoms with Gasteiger partial charge in [-0.2, -0.15) is 8.78 Å². The summed E-state index contributed by atoms with van der Waals surface area (Å²) in [5, 5.41) is 0. The van der Waals surface area contributed by atoms with E-state index in [0.29, 0.717) is 23.5 Å². The Balaban J connectivity index is 2.05. The van der Waals surface area contributed by atoms with Crippen LogP contribution >= 0.6 is 0 Å². The van der Waals surface area contributed by atoms with Gasteiger partial charge < -0.3 is 4.74 Å². The zero-order valence-corrected chi connectivity index (χ0v) is 15.6. The predicted molar refractivity (Wildman–Crippen MR) is 106 cm³/mol. The molecule has 0 aliphatic heterocycles. The molecule has 0 aromatic heterocycles. The molecule has 0 bridgehead atoms. The molecule has 2 aromatic rings. The van der Waals surface area contributed by atoms with Gasteiger partial charge in [0, 0.05) is 11.1 Å². The van der Waals surface area contributed by atoms with Gasteiger partial charge in [-0.3, -0.25) is 0 Å². The monoisotopic (exact) mass is 364 g/mol. The molecule has 0 unspecified atom stereocenters. The summed E-state index contributed by atoms with van der Waals surface area (Å²) in [6.07, 6.45) is 3.27. The molecule has 0 aliphatic rings. The maximum atomic E-state index is 13.8. The molecule has 0 radical (unpaired) electrons. The Morgan fingerprint density at radius 1 is 0.815 bits per heavy atom. The molecule has 0 amide bonds. The van der Waals surface area contributed by atoms with E-state index in [1.54, 1.807) is 24.3 Å². The van der Waals surface area contributed by atoms with Crippen molar-refractivity contribution in [2.24, 2.45) is 0 Å². The molecule has 0 N–H and O–H groups in total. The van der Waals surface area contributed by atoms with Crippen molar-refractivity contribution in [3.63, 3.8) is 0 Å². The topological polar surface area (TPSA) is 9.23 Å². The van der Waals surface area contributed by atoms with Crippen LogP contribution in [0.5, 0.6) is 5.75 Å². The fourth-order valence-corrected chi connectivity index (χ4v) is 2.30. The van der Waals surface area contributed by atoms with Crippen molar-refractivity contribution < 1.29 is 13.5 Å². The summed E-state index contributed by atoms with van der Waals surface area (Å²) < 4.78 is 32.9. The summed E-state index contributed by atoms with van der Waals surface area (Å²) in [5.74, 6) is 7.92. The highest BCUT2D eigenvalue weighted by molar-refractivity contribution is 5.46. The van der Waals surface area contributed by atoms with Crippen molar-refractivity contribution in [2.45, 2.75) is 33.1 Å². The van der Waals surface area contributed by atoms with Gasteiger partial charge in [0.25, 0.3) is 0 Å². The lowest BCUT2D eigenvalue weighted by Crippen LogP contribution is -1.90. The predicted octanol–water partition coefficient (Wildman–Crippen LogP) is 5.98. The smallest absolute Gasteiger partial charge is 0.217 e. The average Bonchev–Trinajstić information content (AvgIpc) is 2.70. The molecule has 0 saturated carbocycles. The Morgan fingerprint density at radius 3 is 1.81 bits per heavy atom. The SMILES string of the molecule is CCCCc1ccc(C#C/C(F)=C(\F)C#Cc2ccc(OCC)cc2)cc1. The van der Waals surface area contributed by atoms with E-state index >= 15 is 0 Å². The number of allylic oxidation sites excluding steroid dienone is 2. The van der Waals surface area contributed by atoms with Crippen molar-refractivity contribution in [3.05, 3.63) is 76.9 Å². The molecular formula is C24H22F2O. The average molecular weight is 364 g/mol. The quantitative estimate of drug-likeness (QED) is 0.593. The molecule has 27 heavy (non-hydrogen) atoms. The van der Waals surface area contributed by atoms with Crippen LogP contribution in [0.2, 0.25) is 0 Å². The Labute approximate surface area is 160 Å². The number of hydrogen-bond acceptors (Lipinski definition) is 1. The number of ether oxygens (including phenoxy) is 1. The van der Waals surface area contributed by atoms with Crippen molar-refractivity contribution in [1.29, 1.82) is 0 Å². The second-order valence-corrected chi connectivity index (χ2v) is 5.89. The molecule has 0 heterocycles. The molecule has 0 spiro atoms. The van der Waals surface area contributed by atoms with E-state index in [9.17, 15) is 8.78 Å². The lowest BCUT2D eigenvalue weighted by Gasteiger charge is -2.01. The van der Waals surface area contributed by atoms with Gasteiger partial charge in [-0.1, -0.05) is 37.3 Å². The van der Waals surface area contributed by atoms with Gasteiger partial charge in [-0.25, -0.2) is 0 Å². The summed E-state index contributed by atoms with van der Waals surface area (Å²) >= 11 is 0. The third kappa shape index (κ3) is 7.00. The standard InChI is InChI=1S/C24H22F2O/c1-3-5-6-19-7-9-20(10-8-19)13-17-23(25)24(26)18-14-21-11-15-22(16-12-21)27-4-2/h7-12,15-16H,3-6H2,1-2H3/b24-23+. The first-order valence-electron chi connectivity index (χ1n) is 9.03. The van der Waals surface area contributed by atoms with Gasteiger partial charge in [0.1, 0.15) is 5.75 Å². The fourth-order valence-electron chi connectivity index (χ4n) is 2.30. The minimum absolute atomic E-state index is 0.563. The fraction of sp³-hybridized carbons (Fsp3) is 0.250. The van der Waals surface area contributed by atoms with Gasteiger partial charge in [0.15, 0.2) is 0 Å². The number of halogens is 2. The molecule has 3 heteroatoms. The zero-order valence-electron chi connectivity index (χ0n) is 15.6. The summed E-state index contributed by atoms with van der Waals surface area (Å²) in [6, 6.07) is 14.4. The van der Waals surface area contributed by atoms with E-state index in [2.05, 4.69) is 30.6 Å². The van der Waals surface area contributed by atoms with Crippen LogP contribution < -0.4 is 4.74 Å². The first kappa shape index (κ1) is 20.3. The largest absolute Gasteiger partial charge is 0.494 e. The maximum absolute atomic E-state index is 13.8. The van der Waals surface area contributed by atoms with Crippen LogP contribution in [-0.2, 0) is 6.42 Å². The molecule has 1 nitrogen and oxygen atoms in total. The van der Waals surface area contributed by atoms with E-state index in [-0.39, 0.29) is 0 Å². The maximum Gasteiger partial charge on any atom is 0.217 e. The van der Waals surface area contributed by atoms with Gasteiger partial charge in [0.2, 0.25) is 11.7 Å². The summed E-state index contributed by atoms with van der Waals surface area (Å²) in [5.41, 5.74) is 2.42. The highest BCUT2D eigenvalue weighted by Crippen LogP contribution is 2.12. The van der Waals surface area contributed by atoms with Crippen molar-refractivity contribution >= 4 is 0 Å². The van der Waals surface area contributed by atoms with Crippen LogP contribution in [0.15, 0.2) is 60.2 Å². The molecule has 0 fully saturated rings. The van der Waals surface area contributed by atoms with E-state index in [1.165, 1.54) is 5.56 Å². The molecule has 0 aliphatic carbocycles. The molecule has 0 saturated heterocycles. The molecule has 0 atom stereocenters. The Hall–Kier alpha value is -3.04. The normalized spacial score (nSPS) is 10.8. The summed E-state index contributed by atoms with van der Waals surface area (Å²) in [7, 11) is 0. The minimum atomic E-state index is -1.17. The number of unbranched alkanes of at least 4 members (excludes halogenated alkanes) is 1. The molecular weight excluding hydrogens is 342 g/mol.